The largest absolute Gasteiger partial charge is 0.480 e. The van der Waals surface area contributed by atoms with Crippen LogP contribution in [-0.2, 0) is 14.4 Å². The molecule has 1 rings (SSSR count). The Morgan fingerprint density at radius 1 is 1.50 bits per heavy atom. The van der Waals surface area contributed by atoms with Gasteiger partial charge in [-0.2, -0.15) is 5.10 Å². The topological polar surface area (TPSA) is 140 Å². The van der Waals surface area contributed by atoms with E-state index in [1.54, 1.807) is 0 Å². The van der Waals surface area contributed by atoms with Gasteiger partial charge in [0.15, 0.2) is 0 Å². The number of nitrogens with one attached hydrogen (secondary N) is 1. The van der Waals surface area contributed by atoms with E-state index in [4.69, 9.17) is 10.8 Å². The van der Waals surface area contributed by atoms with E-state index in [1.165, 1.54) is 24.3 Å². The molecule has 0 saturated heterocycles. The van der Waals surface area contributed by atoms with Crippen molar-refractivity contribution in [2.75, 3.05) is 0 Å². The van der Waals surface area contributed by atoms with E-state index in [9.17, 15) is 14.4 Å². The third kappa shape index (κ3) is 3.54. The lowest BCUT2D eigenvalue weighted by Crippen LogP contribution is -2.45. The first-order valence-corrected chi connectivity index (χ1v) is 5.07. The Kier molecular flexibility index (Phi) is 4.35. The first kappa shape index (κ1) is 13.6. The zero-order valence-electron chi connectivity index (χ0n) is 9.61. The minimum atomic E-state index is -1.35. The summed E-state index contributed by atoms with van der Waals surface area (Å²) in [6.45, 7) is 1.52. The lowest BCUT2D eigenvalue weighted by Gasteiger charge is -2.16. The molecule has 2 unspecified atom stereocenters. The maximum absolute atomic E-state index is 11.7. The number of hydrogen-bond acceptors (Lipinski definition) is 5. The van der Waals surface area contributed by atoms with Gasteiger partial charge < -0.3 is 16.2 Å². The highest BCUT2D eigenvalue weighted by molar-refractivity contribution is 5.89. The standard InChI is InChI=1S/C9H13N5O4/c1-5(14-4-11-3-12-14)8(16)13-6(9(17)18)2-7(10)15/h3-6H,2H2,1H3,(H2,10,15)(H,13,16)(H,17,18). The van der Waals surface area contributed by atoms with Crippen LogP contribution < -0.4 is 11.1 Å². The Morgan fingerprint density at radius 2 is 2.17 bits per heavy atom. The highest BCUT2D eigenvalue weighted by atomic mass is 16.4. The van der Waals surface area contributed by atoms with E-state index in [0.29, 0.717) is 0 Å². The monoisotopic (exact) mass is 255 g/mol. The third-order valence-corrected chi connectivity index (χ3v) is 2.23. The summed E-state index contributed by atoms with van der Waals surface area (Å²) in [5.41, 5.74) is 4.90. The predicted octanol–water partition coefficient (Wildman–Crippen LogP) is -1.72. The van der Waals surface area contributed by atoms with Crippen LogP contribution >= 0.6 is 0 Å². The van der Waals surface area contributed by atoms with E-state index in [-0.39, 0.29) is 0 Å². The van der Waals surface area contributed by atoms with Gasteiger partial charge in [-0.15, -0.1) is 0 Å². The van der Waals surface area contributed by atoms with E-state index < -0.39 is 36.3 Å². The number of rotatable bonds is 6. The van der Waals surface area contributed by atoms with Crippen LogP contribution in [0.25, 0.3) is 0 Å². The fourth-order valence-corrected chi connectivity index (χ4v) is 1.23. The third-order valence-electron chi connectivity index (χ3n) is 2.23. The molecular formula is C9H13N5O4. The Balaban J connectivity index is 2.66. The van der Waals surface area contributed by atoms with Crippen LogP contribution in [0.4, 0.5) is 0 Å². The summed E-state index contributed by atoms with van der Waals surface area (Å²) < 4.78 is 1.26. The summed E-state index contributed by atoms with van der Waals surface area (Å²) in [7, 11) is 0. The van der Waals surface area contributed by atoms with Gasteiger partial charge in [-0.3, -0.25) is 9.59 Å². The summed E-state index contributed by atoms with van der Waals surface area (Å²) in [5.74, 6) is -2.72. The van der Waals surface area contributed by atoms with Crippen LogP contribution in [0.5, 0.6) is 0 Å². The molecule has 4 N–H and O–H groups in total. The lowest BCUT2D eigenvalue weighted by atomic mass is 10.2. The van der Waals surface area contributed by atoms with Gasteiger partial charge in [-0.25, -0.2) is 14.5 Å². The molecule has 0 bridgehead atoms. The minimum Gasteiger partial charge on any atom is -0.480 e. The second-order valence-electron chi connectivity index (χ2n) is 3.62. The molecule has 18 heavy (non-hydrogen) atoms. The molecule has 0 aliphatic heterocycles. The number of amides is 2. The zero-order valence-corrected chi connectivity index (χ0v) is 9.61. The molecule has 0 aromatic carbocycles. The lowest BCUT2D eigenvalue weighted by molar-refractivity contribution is -0.143. The van der Waals surface area contributed by atoms with Crippen LogP contribution in [0.2, 0.25) is 0 Å². The van der Waals surface area contributed by atoms with Gasteiger partial charge in [-0.05, 0) is 6.92 Å². The SMILES string of the molecule is CC(C(=O)NC(CC(N)=O)C(=O)O)n1cncn1. The fourth-order valence-electron chi connectivity index (χ4n) is 1.23. The van der Waals surface area contributed by atoms with Crippen LogP contribution in [-0.4, -0.2) is 43.7 Å². The molecule has 0 spiro atoms. The number of aromatic nitrogens is 3. The van der Waals surface area contributed by atoms with Gasteiger partial charge in [0, 0.05) is 0 Å². The summed E-state index contributed by atoms with van der Waals surface area (Å²) >= 11 is 0. The number of carboxylic acids is 1. The van der Waals surface area contributed by atoms with Crippen molar-refractivity contribution >= 4 is 17.8 Å². The average Bonchev–Trinajstić information content (AvgIpc) is 2.79. The molecule has 9 nitrogen and oxygen atoms in total. The van der Waals surface area contributed by atoms with Crippen molar-refractivity contribution in [2.24, 2.45) is 5.73 Å². The maximum atomic E-state index is 11.7. The summed E-state index contributed by atoms with van der Waals surface area (Å²) in [5, 5.41) is 14.8. The Hall–Kier alpha value is -2.45. The normalized spacial score (nSPS) is 13.6. The molecule has 0 radical (unpaired) electrons. The Bertz CT molecular complexity index is 444. The van der Waals surface area contributed by atoms with E-state index >= 15 is 0 Å². The molecule has 0 saturated carbocycles. The van der Waals surface area contributed by atoms with Gasteiger partial charge in [0.1, 0.15) is 24.7 Å². The molecule has 2 atom stereocenters. The number of nitrogens with two attached hydrogens (primary N) is 1. The average molecular weight is 255 g/mol. The molecule has 0 aliphatic rings. The maximum Gasteiger partial charge on any atom is 0.326 e. The highest BCUT2D eigenvalue weighted by Gasteiger charge is 2.25. The number of nitrogens with zero attached hydrogens (tertiary/aromatic N) is 3. The number of carbonyl (C=O) groups excluding carboxylic acids is 2. The second kappa shape index (κ2) is 5.75. The molecule has 9 heteroatoms. The van der Waals surface area contributed by atoms with Gasteiger partial charge in [-0.1, -0.05) is 0 Å². The van der Waals surface area contributed by atoms with Crippen LogP contribution in [0.15, 0.2) is 12.7 Å². The number of carbonyl (C=O) groups is 3. The van der Waals surface area contributed by atoms with Crippen molar-refractivity contribution in [3.8, 4) is 0 Å². The van der Waals surface area contributed by atoms with Crippen LogP contribution in [0.1, 0.15) is 19.4 Å². The molecule has 98 valence electrons. The van der Waals surface area contributed by atoms with Crippen molar-refractivity contribution in [1.29, 1.82) is 0 Å². The number of hydrogen-bond donors (Lipinski definition) is 3. The highest BCUT2D eigenvalue weighted by Crippen LogP contribution is 2.03. The van der Waals surface area contributed by atoms with Crippen molar-refractivity contribution in [3.05, 3.63) is 12.7 Å². The van der Waals surface area contributed by atoms with Gasteiger partial charge >= 0.3 is 5.97 Å². The van der Waals surface area contributed by atoms with E-state index in [0.717, 1.165) is 0 Å². The summed E-state index contributed by atoms with van der Waals surface area (Å²) in [6, 6.07) is -2.08. The predicted molar refractivity (Wildman–Crippen MR) is 58.1 cm³/mol. The van der Waals surface area contributed by atoms with E-state index in [1.807, 2.05) is 0 Å². The number of carboxylic acid groups (broad SMARTS) is 1. The molecular weight excluding hydrogens is 242 g/mol. The van der Waals surface area contributed by atoms with E-state index in [2.05, 4.69) is 15.4 Å². The molecule has 1 aromatic heterocycles. The zero-order chi connectivity index (χ0) is 13.7. The van der Waals surface area contributed by atoms with Crippen molar-refractivity contribution in [3.63, 3.8) is 0 Å². The smallest absolute Gasteiger partial charge is 0.326 e. The van der Waals surface area contributed by atoms with Crippen LogP contribution in [0, 0.1) is 0 Å². The fraction of sp³-hybridized carbons (Fsp3) is 0.444. The van der Waals surface area contributed by atoms with Gasteiger partial charge in [0.25, 0.3) is 0 Å². The molecule has 1 heterocycles. The van der Waals surface area contributed by atoms with Crippen LogP contribution in [0.3, 0.4) is 0 Å². The Labute approximate surface area is 102 Å². The first-order valence-electron chi connectivity index (χ1n) is 5.07. The summed E-state index contributed by atoms with van der Waals surface area (Å²) in [6.07, 6.45) is 2.11. The molecule has 2 amide bonds. The molecule has 0 fully saturated rings. The second-order valence-corrected chi connectivity index (χ2v) is 3.62. The minimum absolute atomic E-state index is 0.467. The van der Waals surface area contributed by atoms with Crippen molar-refractivity contribution < 1.29 is 19.5 Å². The quantitative estimate of drug-likeness (QED) is 0.552. The number of aliphatic carboxylic acids is 1. The van der Waals surface area contributed by atoms with Gasteiger partial charge in [0.2, 0.25) is 11.8 Å². The number of primary amides is 1. The van der Waals surface area contributed by atoms with Gasteiger partial charge in [0.05, 0.1) is 6.42 Å². The Morgan fingerprint density at radius 3 is 2.61 bits per heavy atom. The first-order chi connectivity index (χ1) is 8.41. The molecule has 1 aromatic rings. The summed E-state index contributed by atoms with van der Waals surface area (Å²) in [4.78, 5) is 36.9. The molecule has 0 aliphatic carbocycles. The van der Waals surface area contributed by atoms with Crippen molar-refractivity contribution in [2.45, 2.75) is 25.4 Å². The van der Waals surface area contributed by atoms with Crippen molar-refractivity contribution in [1.82, 2.24) is 20.1 Å².